The fourth-order valence-corrected chi connectivity index (χ4v) is 2.56. The van der Waals surface area contributed by atoms with Crippen LogP contribution in [-0.2, 0) is 10.0 Å². The van der Waals surface area contributed by atoms with Gasteiger partial charge in [0, 0.05) is 20.6 Å². The maximum absolute atomic E-state index is 11.3. The zero-order chi connectivity index (χ0) is 9.90. The molecular formula is C8H20N2O2S. The molecule has 0 spiro atoms. The van der Waals surface area contributed by atoms with Crippen LogP contribution in [0.25, 0.3) is 0 Å². The number of rotatable bonds is 2. The van der Waals surface area contributed by atoms with Crippen molar-refractivity contribution in [2.75, 3.05) is 26.4 Å². The van der Waals surface area contributed by atoms with Crippen molar-refractivity contribution < 1.29 is 9.84 Å². The summed E-state index contributed by atoms with van der Waals surface area (Å²) in [6.07, 6.45) is 4.44. The van der Waals surface area contributed by atoms with Crippen LogP contribution in [-0.4, -0.2) is 45.2 Å². The first-order valence-electron chi connectivity index (χ1n) is 4.66. The molecule has 1 atom stereocenters. The first kappa shape index (κ1) is 10.9. The van der Waals surface area contributed by atoms with E-state index in [9.17, 15) is 8.42 Å². The third-order valence-electron chi connectivity index (χ3n) is 2.51. The van der Waals surface area contributed by atoms with Gasteiger partial charge >= 0.3 is 0 Å². The van der Waals surface area contributed by atoms with Crippen LogP contribution >= 0.6 is 0 Å². The van der Waals surface area contributed by atoms with E-state index in [1.165, 1.54) is 6.26 Å². The molecule has 0 amide bonds. The quantitative estimate of drug-likeness (QED) is 0.708. The summed E-state index contributed by atoms with van der Waals surface area (Å²) in [7, 11) is -1.11. The van der Waals surface area contributed by atoms with E-state index in [4.69, 9.17) is 0 Å². The highest BCUT2D eigenvalue weighted by Gasteiger charge is 2.22. The van der Waals surface area contributed by atoms with Crippen molar-refractivity contribution in [3.05, 3.63) is 0 Å². The van der Waals surface area contributed by atoms with Crippen LogP contribution in [0.5, 0.6) is 0 Å². The second kappa shape index (κ2) is 4.39. The first-order chi connectivity index (χ1) is 6.04. The first-order valence-corrected chi connectivity index (χ1v) is 6.51. The lowest BCUT2D eigenvalue weighted by Gasteiger charge is -2.21. The number of hydrogen-bond donors (Lipinski definition) is 1. The highest BCUT2D eigenvalue weighted by molar-refractivity contribution is 7.88. The molecule has 0 radical (unpaired) electrons. The van der Waals surface area contributed by atoms with Gasteiger partial charge in [-0.05, 0) is 19.9 Å². The summed E-state index contributed by atoms with van der Waals surface area (Å²) >= 11 is 0. The molecule has 80 valence electrons. The van der Waals surface area contributed by atoms with Crippen molar-refractivity contribution in [1.29, 1.82) is 0 Å². The summed E-state index contributed by atoms with van der Waals surface area (Å²) in [4.78, 5) is 0. The lowest BCUT2D eigenvalue weighted by atomic mass is 10.1. The van der Waals surface area contributed by atoms with E-state index in [2.05, 4.69) is 5.32 Å². The molecule has 5 heteroatoms. The molecule has 1 N–H and O–H groups in total. The van der Waals surface area contributed by atoms with Gasteiger partial charge in [0.25, 0.3) is 0 Å². The molecule has 0 saturated carbocycles. The monoisotopic (exact) mass is 208 g/mol. The average molecular weight is 208 g/mol. The summed E-state index contributed by atoms with van der Waals surface area (Å²) in [5.74, 6) is 0. The van der Waals surface area contributed by atoms with E-state index in [-0.39, 0.29) is 1.43 Å². The number of likely N-dealkylation sites (N-methyl/N-ethyl adjacent to an activating group) is 1. The Morgan fingerprint density at radius 1 is 1.46 bits per heavy atom. The van der Waals surface area contributed by atoms with Crippen LogP contribution in [0.1, 0.15) is 20.7 Å². The maximum atomic E-state index is 11.3. The molecule has 1 heterocycles. The van der Waals surface area contributed by atoms with E-state index in [0.29, 0.717) is 19.1 Å². The lowest BCUT2D eigenvalue weighted by Crippen LogP contribution is -2.40. The Morgan fingerprint density at radius 2 is 2.15 bits per heavy atom. The van der Waals surface area contributed by atoms with Crippen LogP contribution in [0.2, 0.25) is 0 Å². The fraction of sp³-hybridized carbons (Fsp3) is 1.00. The predicted molar refractivity (Wildman–Crippen MR) is 55.2 cm³/mol. The Hall–Kier alpha value is -0.130. The van der Waals surface area contributed by atoms with Crippen molar-refractivity contribution in [2.24, 2.45) is 0 Å². The normalized spacial score (nSPS) is 27.1. The molecule has 0 aromatic rings. The topological polar surface area (TPSA) is 49.4 Å². The summed E-state index contributed by atoms with van der Waals surface area (Å²) < 4.78 is 24.2. The second-order valence-corrected chi connectivity index (χ2v) is 5.58. The zero-order valence-electron chi connectivity index (χ0n) is 8.28. The third-order valence-corrected chi connectivity index (χ3v) is 3.78. The van der Waals surface area contributed by atoms with E-state index in [1.54, 1.807) is 4.31 Å². The molecule has 1 aliphatic rings. The van der Waals surface area contributed by atoms with Crippen molar-refractivity contribution in [2.45, 2.75) is 25.3 Å². The molecule has 1 rings (SSSR count). The summed E-state index contributed by atoms with van der Waals surface area (Å²) in [6.45, 7) is 1.30. The Balaban J connectivity index is 0.00000169. The van der Waals surface area contributed by atoms with Gasteiger partial charge in [0.2, 0.25) is 10.0 Å². The smallest absolute Gasteiger partial charge is 0.211 e. The Kier molecular flexibility index (Phi) is 3.70. The van der Waals surface area contributed by atoms with Crippen molar-refractivity contribution in [3.63, 3.8) is 0 Å². The minimum Gasteiger partial charge on any atom is -0.316 e. The molecular weight excluding hydrogens is 188 g/mol. The van der Waals surface area contributed by atoms with Crippen LogP contribution < -0.4 is 5.32 Å². The van der Waals surface area contributed by atoms with E-state index in [0.717, 1.165) is 19.3 Å². The molecule has 0 bridgehead atoms. The van der Waals surface area contributed by atoms with E-state index in [1.807, 2.05) is 7.05 Å². The number of sulfonamides is 1. The fourth-order valence-electron chi connectivity index (χ4n) is 1.64. The molecule has 0 aromatic heterocycles. The molecule has 0 aromatic carbocycles. The maximum Gasteiger partial charge on any atom is 0.211 e. The van der Waals surface area contributed by atoms with Gasteiger partial charge in [-0.15, -0.1) is 0 Å². The summed E-state index contributed by atoms with van der Waals surface area (Å²) in [5, 5.41) is 3.14. The third kappa shape index (κ3) is 3.25. The van der Waals surface area contributed by atoms with Crippen LogP contribution in [0.15, 0.2) is 0 Å². The minimum absolute atomic E-state index is 0. The number of nitrogens with one attached hydrogen (secondary N) is 1. The number of hydrogen-bond acceptors (Lipinski definition) is 3. The Labute approximate surface area is 81.8 Å². The second-order valence-electron chi connectivity index (χ2n) is 3.60. The Morgan fingerprint density at radius 3 is 2.69 bits per heavy atom. The molecule has 1 fully saturated rings. The van der Waals surface area contributed by atoms with Gasteiger partial charge in [0.05, 0.1) is 6.26 Å². The van der Waals surface area contributed by atoms with Gasteiger partial charge < -0.3 is 5.32 Å². The van der Waals surface area contributed by atoms with Crippen LogP contribution in [0, 0.1) is 0 Å². The van der Waals surface area contributed by atoms with Gasteiger partial charge in [-0.1, -0.05) is 6.42 Å². The van der Waals surface area contributed by atoms with Gasteiger partial charge in [-0.3, -0.25) is 0 Å². The molecule has 13 heavy (non-hydrogen) atoms. The van der Waals surface area contributed by atoms with Gasteiger partial charge in [0.15, 0.2) is 0 Å². The molecule has 1 unspecified atom stereocenters. The van der Waals surface area contributed by atoms with Crippen molar-refractivity contribution in [3.8, 4) is 0 Å². The van der Waals surface area contributed by atoms with Gasteiger partial charge in [-0.25, -0.2) is 12.7 Å². The minimum atomic E-state index is -3.00. The van der Waals surface area contributed by atoms with Gasteiger partial charge in [0.1, 0.15) is 0 Å². The van der Waals surface area contributed by atoms with Crippen LogP contribution in [0.4, 0.5) is 0 Å². The summed E-state index contributed by atoms with van der Waals surface area (Å²) in [6, 6.07) is 0.317. The SMILES string of the molecule is CNC1CCCCN(S(C)(=O)=O)C1.[HH]. The Bertz CT molecular complexity index is 256. The highest BCUT2D eigenvalue weighted by Crippen LogP contribution is 2.12. The standard InChI is InChI=1S/C8H18N2O2S.H2/c1-9-8-5-3-4-6-10(7-8)13(2,11)12;/h8-9H,3-7H2,1-2H3;1H. The summed E-state index contributed by atoms with van der Waals surface area (Å²) in [5.41, 5.74) is 0. The lowest BCUT2D eigenvalue weighted by molar-refractivity contribution is 0.388. The molecule has 1 aliphatic heterocycles. The molecule has 0 aliphatic carbocycles. The predicted octanol–water partition coefficient (Wildman–Crippen LogP) is 0.266. The molecule has 1 saturated heterocycles. The zero-order valence-corrected chi connectivity index (χ0v) is 9.10. The largest absolute Gasteiger partial charge is 0.316 e. The van der Waals surface area contributed by atoms with E-state index < -0.39 is 10.0 Å². The van der Waals surface area contributed by atoms with Crippen LogP contribution in [0.3, 0.4) is 0 Å². The van der Waals surface area contributed by atoms with Gasteiger partial charge in [-0.2, -0.15) is 0 Å². The number of nitrogens with zero attached hydrogens (tertiary/aromatic N) is 1. The highest BCUT2D eigenvalue weighted by atomic mass is 32.2. The molecule has 4 nitrogen and oxygen atoms in total. The van der Waals surface area contributed by atoms with Crippen molar-refractivity contribution in [1.82, 2.24) is 9.62 Å². The van der Waals surface area contributed by atoms with E-state index >= 15 is 0 Å². The average Bonchev–Trinajstić information content (AvgIpc) is 2.27. The van der Waals surface area contributed by atoms with Crippen molar-refractivity contribution >= 4 is 10.0 Å².